The highest BCUT2D eigenvalue weighted by atomic mass is 35.5. The summed E-state index contributed by atoms with van der Waals surface area (Å²) in [5.41, 5.74) is 2.01. The van der Waals surface area contributed by atoms with Gasteiger partial charge in [0, 0.05) is 6.04 Å². The first-order valence-corrected chi connectivity index (χ1v) is 6.81. The number of hydrogen-bond donors (Lipinski definition) is 1. The van der Waals surface area contributed by atoms with Gasteiger partial charge in [0.25, 0.3) is 0 Å². The molecule has 0 saturated carbocycles. The van der Waals surface area contributed by atoms with Crippen LogP contribution in [-0.4, -0.2) is 16.6 Å². The van der Waals surface area contributed by atoms with Crippen molar-refractivity contribution in [3.05, 3.63) is 29.0 Å². The monoisotopic (exact) mass is 265 g/mol. The van der Waals surface area contributed by atoms with E-state index < -0.39 is 0 Å². The van der Waals surface area contributed by atoms with Crippen LogP contribution >= 0.6 is 11.6 Å². The second-order valence-corrected chi connectivity index (χ2v) is 5.20. The van der Waals surface area contributed by atoms with Crippen LogP contribution in [-0.2, 0) is 0 Å². The largest absolute Gasteiger partial charge is 0.323 e. The third-order valence-electron chi connectivity index (χ3n) is 3.27. The van der Waals surface area contributed by atoms with Gasteiger partial charge in [0.15, 0.2) is 0 Å². The Bertz CT molecular complexity index is 541. The minimum absolute atomic E-state index is 0.260. The van der Waals surface area contributed by atoms with E-state index in [1.807, 2.05) is 25.2 Å². The highest BCUT2D eigenvalue weighted by molar-refractivity contribution is 6.35. The molecule has 0 spiro atoms. The smallest absolute Gasteiger partial charge is 0.127 e. The van der Waals surface area contributed by atoms with E-state index in [0.29, 0.717) is 6.04 Å². The van der Waals surface area contributed by atoms with Gasteiger partial charge < -0.3 is 9.88 Å². The maximum Gasteiger partial charge on any atom is 0.127 e. The molecule has 18 heavy (non-hydrogen) atoms. The van der Waals surface area contributed by atoms with E-state index in [2.05, 4.69) is 30.7 Å². The molecular weight excluding hydrogens is 246 g/mol. The van der Waals surface area contributed by atoms with Crippen LogP contribution in [0.5, 0.6) is 0 Å². The highest BCUT2D eigenvalue weighted by Crippen LogP contribution is 2.30. The van der Waals surface area contributed by atoms with Gasteiger partial charge in [-0.15, -0.1) is 0 Å². The van der Waals surface area contributed by atoms with E-state index in [0.717, 1.165) is 28.3 Å². The molecule has 1 aromatic carbocycles. The quantitative estimate of drug-likeness (QED) is 0.907. The van der Waals surface area contributed by atoms with Crippen molar-refractivity contribution in [3.63, 3.8) is 0 Å². The predicted octanol–water partition coefficient (Wildman–Crippen LogP) is 3.94. The summed E-state index contributed by atoms with van der Waals surface area (Å²) < 4.78 is 2.24. The molecule has 0 bridgehead atoms. The zero-order chi connectivity index (χ0) is 13.3. The topological polar surface area (TPSA) is 29.9 Å². The molecule has 0 radical (unpaired) electrons. The van der Waals surface area contributed by atoms with Crippen LogP contribution in [0.25, 0.3) is 11.0 Å². The number of aromatic nitrogens is 2. The molecule has 1 heterocycles. The lowest BCUT2D eigenvalue weighted by Gasteiger charge is -2.19. The Morgan fingerprint density at radius 1 is 1.39 bits per heavy atom. The third kappa shape index (κ3) is 2.13. The molecule has 1 N–H and O–H groups in total. The van der Waals surface area contributed by atoms with E-state index in [9.17, 15) is 0 Å². The second-order valence-electron chi connectivity index (χ2n) is 4.79. The SMILES string of the molecule is CCC(NC)c1nc2cccc(Cl)c2n1C(C)C. The van der Waals surface area contributed by atoms with Crippen molar-refractivity contribution in [2.45, 2.75) is 39.3 Å². The van der Waals surface area contributed by atoms with Gasteiger partial charge >= 0.3 is 0 Å². The normalized spacial score (nSPS) is 13.4. The summed E-state index contributed by atoms with van der Waals surface area (Å²) in [5.74, 6) is 1.07. The van der Waals surface area contributed by atoms with Crippen LogP contribution in [0.4, 0.5) is 0 Å². The van der Waals surface area contributed by atoms with E-state index in [4.69, 9.17) is 16.6 Å². The van der Waals surface area contributed by atoms with Gasteiger partial charge in [-0.05, 0) is 39.4 Å². The summed E-state index contributed by atoms with van der Waals surface area (Å²) in [5, 5.41) is 4.09. The van der Waals surface area contributed by atoms with Crippen molar-refractivity contribution < 1.29 is 0 Å². The van der Waals surface area contributed by atoms with Gasteiger partial charge in [-0.3, -0.25) is 0 Å². The average Bonchev–Trinajstić information content (AvgIpc) is 2.71. The lowest BCUT2D eigenvalue weighted by Crippen LogP contribution is -2.21. The Morgan fingerprint density at radius 3 is 2.67 bits per heavy atom. The zero-order valence-electron chi connectivity index (χ0n) is 11.4. The second kappa shape index (κ2) is 5.29. The first-order valence-electron chi connectivity index (χ1n) is 6.43. The van der Waals surface area contributed by atoms with Crippen LogP contribution in [0.1, 0.15) is 45.1 Å². The number of rotatable bonds is 4. The molecule has 1 aromatic heterocycles. The van der Waals surface area contributed by atoms with Crippen LogP contribution in [0.15, 0.2) is 18.2 Å². The number of nitrogens with one attached hydrogen (secondary N) is 1. The van der Waals surface area contributed by atoms with Crippen LogP contribution in [0.2, 0.25) is 5.02 Å². The minimum Gasteiger partial charge on any atom is -0.323 e. The first-order chi connectivity index (χ1) is 8.60. The average molecular weight is 266 g/mol. The van der Waals surface area contributed by atoms with Gasteiger partial charge in [0.1, 0.15) is 5.82 Å². The van der Waals surface area contributed by atoms with Crippen molar-refractivity contribution in [2.75, 3.05) is 7.05 Å². The van der Waals surface area contributed by atoms with Crippen molar-refractivity contribution in [1.82, 2.24) is 14.9 Å². The fourth-order valence-electron chi connectivity index (χ4n) is 2.41. The van der Waals surface area contributed by atoms with E-state index in [1.165, 1.54) is 0 Å². The first kappa shape index (κ1) is 13.4. The molecule has 0 amide bonds. The standard InChI is InChI=1S/C14H20ClN3/c1-5-11(16-4)14-17-12-8-6-7-10(15)13(12)18(14)9(2)3/h6-9,11,16H,5H2,1-4H3. The molecule has 2 rings (SSSR count). The molecule has 0 aliphatic rings. The summed E-state index contributed by atoms with van der Waals surface area (Å²) in [6.07, 6.45) is 1.00. The summed E-state index contributed by atoms with van der Waals surface area (Å²) in [7, 11) is 1.97. The number of imidazole rings is 1. The van der Waals surface area contributed by atoms with Crippen molar-refractivity contribution in [2.24, 2.45) is 0 Å². The summed E-state index contributed by atoms with van der Waals surface area (Å²) in [6.45, 7) is 6.49. The van der Waals surface area contributed by atoms with E-state index >= 15 is 0 Å². The Balaban J connectivity index is 2.73. The van der Waals surface area contributed by atoms with Crippen molar-refractivity contribution in [3.8, 4) is 0 Å². The van der Waals surface area contributed by atoms with Crippen LogP contribution in [0, 0.1) is 0 Å². The lowest BCUT2D eigenvalue weighted by molar-refractivity contribution is 0.486. The number of nitrogens with zero attached hydrogens (tertiary/aromatic N) is 2. The minimum atomic E-state index is 0.260. The summed E-state index contributed by atoms with van der Waals surface area (Å²) in [6, 6.07) is 6.50. The summed E-state index contributed by atoms with van der Waals surface area (Å²) >= 11 is 6.33. The van der Waals surface area contributed by atoms with Crippen LogP contribution in [0.3, 0.4) is 0 Å². The number of hydrogen-bond acceptors (Lipinski definition) is 2. The molecule has 1 atom stereocenters. The molecule has 1 unspecified atom stereocenters. The van der Waals surface area contributed by atoms with Crippen molar-refractivity contribution >= 4 is 22.6 Å². The van der Waals surface area contributed by atoms with Gasteiger partial charge in [0.05, 0.1) is 22.1 Å². The van der Waals surface area contributed by atoms with Crippen LogP contribution < -0.4 is 5.32 Å². The fraction of sp³-hybridized carbons (Fsp3) is 0.500. The van der Waals surface area contributed by atoms with Gasteiger partial charge in [-0.25, -0.2) is 4.98 Å². The number of halogens is 1. The van der Waals surface area contributed by atoms with Gasteiger partial charge in [0.2, 0.25) is 0 Å². The Morgan fingerprint density at radius 2 is 2.11 bits per heavy atom. The molecule has 2 aromatic rings. The lowest BCUT2D eigenvalue weighted by atomic mass is 10.2. The van der Waals surface area contributed by atoms with Gasteiger partial charge in [-0.1, -0.05) is 24.6 Å². The predicted molar refractivity (Wildman–Crippen MR) is 77.2 cm³/mol. The molecule has 0 aliphatic carbocycles. The highest BCUT2D eigenvalue weighted by Gasteiger charge is 2.20. The Labute approximate surface area is 113 Å². The molecule has 0 fully saturated rings. The molecule has 0 aliphatic heterocycles. The number of para-hydroxylation sites is 1. The Hall–Kier alpha value is -1.06. The molecule has 98 valence electrons. The maximum absolute atomic E-state index is 6.33. The van der Waals surface area contributed by atoms with E-state index in [1.54, 1.807) is 0 Å². The maximum atomic E-state index is 6.33. The summed E-state index contributed by atoms with van der Waals surface area (Å²) in [4.78, 5) is 4.75. The van der Waals surface area contributed by atoms with E-state index in [-0.39, 0.29) is 6.04 Å². The zero-order valence-corrected chi connectivity index (χ0v) is 12.1. The molecule has 0 saturated heterocycles. The Kier molecular flexibility index (Phi) is 3.93. The number of fused-ring (bicyclic) bond motifs is 1. The van der Waals surface area contributed by atoms with Gasteiger partial charge in [-0.2, -0.15) is 0 Å². The van der Waals surface area contributed by atoms with Crippen molar-refractivity contribution in [1.29, 1.82) is 0 Å². The number of benzene rings is 1. The molecular formula is C14H20ClN3. The molecule has 4 heteroatoms. The fourth-order valence-corrected chi connectivity index (χ4v) is 2.67. The third-order valence-corrected chi connectivity index (χ3v) is 3.58. The molecule has 3 nitrogen and oxygen atoms in total.